The highest BCUT2D eigenvalue weighted by Gasteiger charge is 2.30. The lowest BCUT2D eigenvalue weighted by molar-refractivity contribution is -0.139. The van der Waals surface area contributed by atoms with Crippen molar-refractivity contribution >= 4 is 50.7 Å². The van der Waals surface area contributed by atoms with Crippen LogP contribution in [0.1, 0.15) is 31.4 Å². The molecule has 10 heteroatoms. The zero-order valence-corrected chi connectivity index (χ0v) is 21.5. The number of rotatable bonds is 10. The Kier molecular flexibility index (Phi) is 9.57. The minimum atomic E-state index is -3.82. The molecule has 2 rings (SSSR count). The monoisotopic (exact) mass is 513 g/mol. The predicted octanol–water partition coefficient (Wildman–Crippen LogP) is 4.01. The van der Waals surface area contributed by atoms with Gasteiger partial charge in [-0.05, 0) is 55.7 Å². The zero-order valence-electron chi connectivity index (χ0n) is 19.1. The third kappa shape index (κ3) is 7.35. The lowest BCUT2D eigenvalue weighted by Crippen LogP contribution is -2.51. The molecule has 0 saturated carbocycles. The molecule has 2 aromatic rings. The molecule has 0 bridgehead atoms. The van der Waals surface area contributed by atoms with Crippen LogP contribution in [-0.2, 0) is 26.2 Å². The largest absolute Gasteiger partial charge is 0.354 e. The number of carbonyl (C=O) groups is 2. The molecule has 0 fully saturated rings. The Bertz CT molecular complexity index is 1110. The van der Waals surface area contributed by atoms with E-state index in [0.29, 0.717) is 27.8 Å². The highest BCUT2D eigenvalue weighted by molar-refractivity contribution is 7.92. The van der Waals surface area contributed by atoms with Gasteiger partial charge < -0.3 is 10.2 Å². The van der Waals surface area contributed by atoms with Gasteiger partial charge in [0.2, 0.25) is 21.8 Å². The molecule has 0 aliphatic carbocycles. The van der Waals surface area contributed by atoms with Gasteiger partial charge in [0.25, 0.3) is 0 Å². The molecule has 0 aliphatic rings. The van der Waals surface area contributed by atoms with E-state index in [1.54, 1.807) is 56.3 Å². The van der Waals surface area contributed by atoms with Crippen LogP contribution in [0.3, 0.4) is 0 Å². The first-order valence-electron chi connectivity index (χ1n) is 10.5. The molecule has 7 nitrogen and oxygen atoms in total. The summed E-state index contributed by atoms with van der Waals surface area (Å²) in [5, 5.41) is 3.67. The zero-order chi connectivity index (χ0) is 24.8. The van der Waals surface area contributed by atoms with Gasteiger partial charge in [-0.25, -0.2) is 8.42 Å². The van der Waals surface area contributed by atoms with Crippen LogP contribution in [0.4, 0.5) is 5.69 Å². The quantitative estimate of drug-likeness (QED) is 0.519. The number of amides is 2. The fraction of sp³-hybridized carbons (Fsp3) is 0.391. The molecule has 0 spiro atoms. The Hall–Kier alpha value is -2.29. The van der Waals surface area contributed by atoms with E-state index in [-0.39, 0.29) is 12.5 Å². The van der Waals surface area contributed by atoms with Gasteiger partial charge in [0.05, 0.1) is 11.9 Å². The normalized spacial score (nSPS) is 12.2. The molecule has 0 aromatic heterocycles. The van der Waals surface area contributed by atoms with Crippen molar-refractivity contribution in [2.45, 2.75) is 39.8 Å². The van der Waals surface area contributed by atoms with E-state index in [1.807, 2.05) is 6.92 Å². The molecule has 2 aromatic carbocycles. The van der Waals surface area contributed by atoms with E-state index in [1.165, 1.54) is 4.90 Å². The molecule has 0 heterocycles. The van der Waals surface area contributed by atoms with Crippen LogP contribution in [0.25, 0.3) is 0 Å². The topological polar surface area (TPSA) is 86.8 Å². The molecule has 0 radical (unpaired) electrons. The maximum Gasteiger partial charge on any atom is 0.244 e. The highest BCUT2D eigenvalue weighted by Crippen LogP contribution is 2.28. The molecular formula is C23H29Cl2N3O4S. The van der Waals surface area contributed by atoms with Gasteiger partial charge in [-0.2, -0.15) is 0 Å². The van der Waals surface area contributed by atoms with Crippen LogP contribution in [0.15, 0.2) is 42.5 Å². The number of carbonyl (C=O) groups excluding carboxylic acids is 2. The number of anilines is 1. The summed E-state index contributed by atoms with van der Waals surface area (Å²) >= 11 is 12.3. The van der Waals surface area contributed by atoms with Crippen molar-refractivity contribution in [3.05, 3.63) is 63.6 Å². The van der Waals surface area contributed by atoms with Gasteiger partial charge in [0.15, 0.2) is 0 Å². The van der Waals surface area contributed by atoms with E-state index in [2.05, 4.69) is 5.32 Å². The molecule has 1 N–H and O–H groups in total. The Balaban J connectivity index is 2.42. The van der Waals surface area contributed by atoms with E-state index >= 15 is 0 Å². The Morgan fingerprint density at radius 1 is 1.12 bits per heavy atom. The molecule has 180 valence electrons. The molecule has 0 aliphatic heterocycles. The van der Waals surface area contributed by atoms with Gasteiger partial charge in [-0.1, -0.05) is 48.3 Å². The van der Waals surface area contributed by atoms with Crippen molar-refractivity contribution in [1.29, 1.82) is 0 Å². The van der Waals surface area contributed by atoms with Crippen LogP contribution >= 0.6 is 23.2 Å². The number of benzene rings is 2. The molecule has 0 saturated heterocycles. The summed E-state index contributed by atoms with van der Waals surface area (Å²) < 4.78 is 26.2. The third-order valence-electron chi connectivity index (χ3n) is 5.15. The fourth-order valence-electron chi connectivity index (χ4n) is 3.27. The van der Waals surface area contributed by atoms with Crippen molar-refractivity contribution in [3.63, 3.8) is 0 Å². The first kappa shape index (κ1) is 27.0. The van der Waals surface area contributed by atoms with Crippen LogP contribution in [0, 0.1) is 6.92 Å². The SMILES string of the molecule is CCCNC(=O)[C@@H](C)N(Cc1cccc(Cl)c1)C(=O)CN(c1cccc(Cl)c1C)S(C)(=O)=O. The number of nitrogens with zero attached hydrogens (tertiary/aromatic N) is 2. The maximum atomic E-state index is 13.5. The first-order chi connectivity index (χ1) is 15.5. The number of nitrogens with one attached hydrogen (secondary N) is 1. The summed E-state index contributed by atoms with van der Waals surface area (Å²) in [5.41, 5.74) is 1.56. The van der Waals surface area contributed by atoms with E-state index in [4.69, 9.17) is 23.2 Å². The fourth-order valence-corrected chi connectivity index (χ4v) is 4.55. The molecule has 1 atom stereocenters. The first-order valence-corrected chi connectivity index (χ1v) is 13.1. The summed E-state index contributed by atoms with van der Waals surface area (Å²) in [4.78, 5) is 27.5. The Labute approximate surface area is 205 Å². The van der Waals surface area contributed by atoms with Gasteiger partial charge >= 0.3 is 0 Å². The van der Waals surface area contributed by atoms with Crippen LogP contribution < -0.4 is 9.62 Å². The lowest BCUT2D eigenvalue weighted by Gasteiger charge is -2.32. The van der Waals surface area contributed by atoms with Gasteiger partial charge in [-0.15, -0.1) is 0 Å². The second-order valence-electron chi connectivity index (χ2n) is 7.77. The van der Waals surface area contributed by atoms with E-state index in [9.17, 15) is 18.0 Å². The second-order valence-corrected chi connectivity index (χ2v) is 10.5. The standard InChI is InChI=1S/C23H29Cl2N3O4S/c1-5-12-26-23(30)17(3)27(14-18-8-6-9-19(24)13-18)22(29)15-28(33(4,31)32)21-11-7-10-20(25)16(21)2/h6-11,13,17H,5,12,14-15H2,1-4H3,(H,26,30)/t17-/m1/s1. The van der Waals surface area contributed by atoms with Crippen LogP contribution in [0.2, 0.25) is 10.0 Å². The minimum absolute atomic E-state index is 0.0895. The van der Waals surface area contributed by atoms with Crippen molar-refractivity contribution in [3.8, 4) is 0 Å². The van der Waals surface area contributed by atoms with Crippen molar-refractivity contribution in [1.82, 2.24) is 10.2 Å². The molecule has 33 heavy (non-hydrogen) atoms. The average molecular weight is 514 g/mol. The number of halogens is 2. The lowest BCUT2D eigenvalue weighted by atomic mass is 10.1. The summed E-state index contributed by atoms with van der Waals surface area (Å²) in [6.07, 6.45) is 1.77. The Morgan fingerprint density at radius 3 is 2.39 bits per heavy atom. The van der Waals surface area contributed by atoms with E-state index in [0.717, 1.165) is 22.5 Å². The molecule has 2 amide bonds. The summed E-state index contributed by atoms with van der Waals surface area (Å²) in [6, 6.07) is 11.0. The second kappa shape index (κ2) is 11.7. The molecular weight excluding hydrogens is 485 g/mol. The maximum absolute atomic E-state index is 13.5. The van der Waals surface area contributed by atoms with E-state index < -0.39 is 28.5 Å². The average Bonchev–Trinajstić information content (AvgIpc) is 2.75. The summed E-state index contributed by atoms with van der Waals surface area (Å²) in [5.74, 6) is -0.851. The van der Waals surface area contributed by atoms with Crippen molar-refractivity contribution in [2.24, 2.45) is 0 Å². The number of sulfonamides is 1. The van der Waals surface area contributed by atoms with Crippen molar-refractivity contribution in [2.75, 3.05) is 23.7 Å². The predicted molar refractivity (Wildman–Crippen MR) is 133 cm³/mol. The summed E-state index contributed by atoms with van der Waals surface area (Å²) in [7, 11) is -3.82. The van der Waals surface area contributed by atoms with Gasteiger partial charge in [-0.3, -0.25) is 13.9 Å². The minimum Gasteiger partial charge on any atom is -0.354 e. The molecule has 0 unspecified atom stereocenters. The number of hydrogen-bond donors (Lipinski definition) is 1. The van der Waals surface area contributed by atoms with Crippen molar-refractivity contribution < 1.29 is 18.0 Å². The number of hydrogen-bond acceptors (Lipinski definition) is 4. The van der Waals surface area contributed by atoms with Gasteiger partial charge in [0, 0.05) is 23.1 Å². The van der Waals surface area contributed by atoms with Crippen LogP contribution in [0.5, 0.6) is 0 Å². The highest BCUT2D eigenvalue weighted by atomic mass is 35.5. The third-order valence-corrected chi connectivity index (χ3v) is 6.92. The summed E-state index contributed by atoms with van der Waals surface area (Å²) in [6.45, 7) is 5.31. The smallest absolute Gasteiger partial charge is 0.244 e. The van der Waals surface area contributed by atoms with Gasteiger partial charge in [0.1, 0.15) is 12.6 Å². The van der Waals surface area contributed by atoms with Crippen LogP contribution in [-0.4, -0.2) is 50.5 Å². The Morgan fingerprint density at radius 2 is 1.79 bits per heavy atom.